The van der Waals surface area contributed by atoms with Crippen LogP contribution in [0.25, 0.3) is 0 Å². The summed E-state index contributed by atoms with van der Waals surface area (Å²) >= 11 is 0. The van der Waals surface area contributed by atoms with Crippen LogP contribution in [0.1, 0.15) is 119 Å². The highest BCUT2D eigenvalue weighted by molar-refractivity contribution is 5.76. The average Bonchev–Trinajstić information content (AvgIpc) is 2.99. The van der Waals surface area contributed by atoms with Gasteiger partial charge in [0.25, 0.3) is 0 Å². The summed E-state index contributed by atoms with van der Waals surface area (Å²) < 4.78 is 0. The van der Waals surface area contributed by atoms with Crippen molar-refractivity contribution in [2.45, 2.75) is 96.8 Å². The average molecular weight is 557 g/mol. The molecular weight excluding hydrogens is 508 g/mol. The van der Waals surface area contributed by atoms with Gasteiger partial charge in [-0.15, -0.1) is 0 Å². The van der Waals surface area contributed by atoms with E-state index in [9.17, 15) is 19.8 Å². The minimum Gasteiger partial charge on any atom is -0.481 e. The van der Waals surface area contributed by atoms with Gasteiger partial charge in [-0.05, 0) is 91.4 Å². The Kier molecular flexibility index (Phi) is 11.8. The topological polar surface area (TPSA) is 74.6 Å². The largest absolute Gasteiger partial charge is 0.481 e. The van der Waals surface area contributed by atoms with Crippen molar-refractivity contribution >= 4 is 11.9 Å². The zero-order chi connectivity index (χ0) is 30.0. The molecule has 0 aliphatic carbocycles. The first-order valence-corrected chi connectivity index (χ1v) is 15.2. The van der Waals surface area contributed by atoms with Crippen LogP contribution in [0.3, 0.4) is 0 Å². The van der Waals surface area contributed by atoms with Gasteiger partial charge in [0.1, 0.15) is 0 Å². The molecule has 4 heteroatoms. The summed E-state index contributed by atoms with van der Waals surface area (Å²) in [4.78, 5) is 24.5. The van der Waals surface area contributed by atoms with E-state index in [1.54, 1.807) is 6.92 Å². The molecule has 41 heavy (non-hydrogen) atoms. The maximum atomic E-state index is 12.4. The number of hydrogen-bond acceptors (Lipinski definition) is 2. The number of hydrogen-bond donors (Lipinski definition) is 2. The highest BCUT2D eigenvalue weighted by atomic mass is 16.4. The van der Waals surface area contributed by atoms with Crippen LogP contribution >= 0.6 is 0 Å². The summed E-state index contributed by atoms with van der Waals surface area (Å²) in [5, 5.41) is 20.1. The third-order valence-corrected chi connectivity index (χ3v) is 9.30. The molecule has 3 rings (SSSR count). The second kappa shape index (κ2) is 15.0. The summed E-state index contributed by atoms with van der Waals surface area (Å²) in [5.74, 6) is -1.45. The first kappa shape index (κ1) is 32.1. The lowest BCUT2D eigenvalue weighted by molar-refractivity contribution is -0.152. The first-order chi connectivity index (χ1) is 19.6. The molecule has 0 fully saturated rings. The van der Waals surface area contributed by atoms with Crippen molar-refractivity contribution in [1.29, 1.82) is 0 Å². The summed E-state index contributed by atoms with van der Waals surface area (Å²) in [6.45, 7) is 10.2. The third kappa shape index (κ3) is 8.79. The molecule has 0 saturated carbocycles. The van der Waals surface area contributed by atoms with E-state index >= 15 is 0 Å². The molecule has 0 aliphatic heterocycles. The van der Waals surface area contributed by atoms with Gasteiger partial charge < -0.3 is 10.2 Å². The van der Waals surface area contributed by atoms with Gasteiger partial charge in [-0.25, -0.2) is 0 Å². The lowest BCUT2D eigenvalue weighted by atomic mass is 9.73. The number of rotatable bonds is 16. The maximum Gasteiger partial charge on any atom is 0.309 e. The molecule has 3 aromatic rings. The van der Waals surface area contributed by atoms with Crippen molar-refractivity contribution in [2.24, 2.45) is 11.3 Å². The van der Waals surface area contributed by atoms with Gasteiger partial charge >= 0.3 is 11.9 Å². The lowest BCUT2D eigenvalue weighted by Gasteiger charge is -2.30. The maximum absolute atomic E-state index is 12.4. The predicted octanol–water partition coefficient (Wildman–Crippen LogP) is 9.63. The van der Waals surface area contributed by atoms with E-state index < -0.39 is 23.3 Å². The van der Waals surface area contributed by atoms with E-state index in [0.717, 1.165) is 24.8 Å². The zero-order valence-corrected chi connectivity index (χ0v) is 25.4. The molecule has 0 aromatic heterocycles. The van der Waals surface area contributed by atoms with Crippen LogP contribution in [0.2, 0.25) is 0 Å². The van der Waals surface area contributed by atoms with E-state index in [2.05, 4.69) is 87.5 Å². The Morgan fingerprint density at radius 3 is 1.49 bits per heavy atom. The number of aliphatic carboxylic acids is 2. The first-order valence-electron chi connectivity index (χ1n) is 15.2. The highest BCUT2D eigenvalue weighted by Gasteiger charge is 2.38. The quantitative estimate of drug-likeness (QED) is 0.184. The molecule has 2 N–H and O–H groups in total. The standard InChI is InChI=1S/C37H48O4/c1-6-28(22-26(3)29-14-10-8-11-15-29)31-18-20-32(21-19-31)33(23-27(4)30-16-12-9-13-17-30)24-34(35(38)39)25-37(5,7-2)36(40)41/h8-21,26-28,33-34H,6-7,22-25H2,1-5H3,(H,38,39)(H,40,41). The lowest BCUT2D eigenvalue weighted by Crippen LogP contribution is -2.32. The summed E-state index contributed by atoms with van der Waals surface area (Å²) in [5.41, 5.74) is 3.96. The SMILES string of the molecule is CCC(CC(C)c1ccccc1)c1ccc(C(CC(CC(C)(CC)C(=O)O)C(=O)O)CC(C)c2ccccc2)cc1. The molecule has 6 unspecified atom stereocenters. The van der Waals surface area contributed by atoms with E-state index in [1.807, 2.05) is 25.1 Å². The van der Waals surface area contributed by atoms with Crippen LogP contribution in [0, 0.1) is 11.3 Å². The van der Waals surface area contributed by atoms with E-state index in [-0.39, 0.29) is 18.3 Å². The van der Waals surface area contributed by atoms with E-state index in [1.165, 1.54) is 16.7 Å². The van der Waals surface area contributed by atoms with Gasteiger partial charge in [0.2, 0.25) is 0 Å². The fraction of sp³-hybridized carbons (Fsp3) is 0.459. The minimum atomic E-state index is -1.06. The Hall–Kier alpha value is -3.40. The van der Waals surface area contributed by atoms with E-state index in [0.29, 0.717) is 24.7 Å². The van der Waals surface area contributed by atoms with Crippen molar-refractivity contribution in [3.63, 3.8) is 0 Å². The summed E-state index contributed by atoms with van der Waals surface area (Å²) in [7, 11) is 0. The smallest absolute Gasteiger partial charge is 0.309 e. The molecule has 3 aromatic carbocycles. The van der Waals surface area contributed by atoms with Crippen molar-refractivity contribution < 1.29 is 19.8 Å². The van der Waals surface area contributed by atoms with Gasteiger partial charge in [-0.3, -0.25) is 9.59 Å². The fourth-order valence-electron chi connectivity index (χ4n) is 6.18. The van der Waals surface area contributed by atoms with Crippen molar-refractivity contribution in [2.75, 3.05) is 0 Å². The second-order valence-electron chi connectivity index (χ2n) is 12.3. The van der Waals surface area contributed by atoms with Crippen LogP contribution in [-0.2, 0) is 9.59 Å². The Morgan fingerprint density at radius 1 is 0.659 bits per heavy atom. The summed E-state index contributed by atoms with van der Waals surface area (Å²) in [6.07, 6.45) is 3.85. The Balaban J connectivity index is 1.87. The van der Waals surface area contributed by atoms with Gasteiger partial charge in [0.15, 0.2) is 0 Å². The fourth-order valence-corrected chi connectivity index (χ4v) is 6.18. The van der Waals surface area contributed by atoms with Gasteiger partial charge in [-0.1, -0.05) is 113 Å². The number of carbonyl (C=O) groups is 2. The molecule has 0 bridgehead atoms. The van der Waals surface area contributed by atoms with Crippen LogP contribution in [0.15, 0.2) is 84.9 Å². The van der Waals surface area contributed by atoms with Crippen LogP contribution in [0.4, 0.5) is 0 Å². The molecule has 0 heterocycles. The molecule has 0 saturated heterocycles. The minimum absolute atomic E-state index is 0.00132. The van der Waals surface area contributed by atoms with Crippen molar-refractivity contribution in [1.82, 2.24) is 0 Å². The molecule has 4 nitrogen and oxygen atoms in total. The number of benzene rings is 3. The summed E-state index contributed by atoms with van der Waals surface area (Å²) in [6, 6.07) is 29.8. The van der Waals surface area contributed by atoms with Gasteiger partial charge in [0.05, 0.1) is 11.3 Å². The second-order valence-corrected chi connectivity index (χ2v) is 12.3. The van der Waals surface area contributed by atoms with Crippen LogP contribution < -0.4 is 0 Å². The number of carboxylic acid groups (broad SMARTS) is 2. The van der Waals surface area contributed by atoms with E-state index in [4.69, 9.17) is 0 Å². The molecule has 6 atom stereocenters. The highest BCUT2D eigenvalue weighted by Crippen LogP contribution is 2.40. The normalized spacial score (nSPS) is 16.6. The van der Waals surface area contributed by atoms with Gasteiger partial charge in [-0.2, -0.15) is 0 Å². The Bertz CT molecular complexity index is 1220. The Morgan fingerprint density at radius 2 is 1.10 bits per heavy atom. The third-order valence-electron chi connectivity index (χ3n) is 9.30. The monoisotopic (exact) mass is 556 g/mol. The number of carboxylic acids is 2. The van der Waals surface area contributed by atoms with Gasteiger partial charge in [0, 0.05) is 0 Å². The molecule has 0 spiro atoms. The molecular formula is C37H48O4. The van der Waals surface area contributed by atoms with Crippen LogP contribution in [0.5, 0.6) is 0 Å². The predicted molar refractivity (Wildman–Crippen MR) is 168 cm³/mol. The molecule has 0 amide bonds. The van der Waals surface area contributed by atoms with Crippen LogP contribution in [-0.4, -0.2) is 22.2 Å². The van der Waals surface area contributed by atoms with Crippen molar-refractivity contribution in [3.05, 3.63) is 107 Å². The Labute approximate surface area is 246 Å². The zero-order valence-electron chi connectivity index (χ0n) is 25.4. The molecule has 0 aliphatic rings. The van der Waals surface area contributed by atoms with Crippen molar-refractivity contribution in [3.8, 4) is 0 Å². The molecule has 220 valence electrons. The molecule has 0 radical (unpaired) electrons.